The van der Waals surface area contributed by atoms with Crippen molar-refractivity contribution >= 4 is 5.91 Å². The molecule has 1 aromatic rings. The fourth-order valence-electron chi connectivity index (χ4n) is 2.35. The van der Waals surface area contributed by atoms with Crippen molar-refractivity contribution < 1.29 is 13.6 Å². The minimum absolute atomic E-state index is 0.0991. The number of halogens is 2. The fourth-order valence-corrected chi connectivity index (χ4v) is 2.35. The zero-order valence-corrected chi connectivity index (χ0v) is 11.1. The van der Waals surface area contributed by atoms with E-state index in [2.05, 4.69) is 15.2 Å². The van der Waals surface area contributed by atoms with Crippen LogP contribution in [0.5, 0.6) is 0 Å². The van der Waals surface area contributed by atoms with Crippen LogP contribution in [0.15, 0.2) is 0 Å². The van der Waals surface area contributed by atoms with E-state index in [0.29, 0.717) is 18.2 Å². The summed E-state index contributed by atoms with van der Waals surface area (Å²) in [5, 5.41) is 6.66. The van der Waals surface area contributed by atoms with Crippen LogP contribution in [0.2, 0.25) is 0 Å². The highest BCUT2D eigenvalue weighted by atomic mass is 19.3. The molecule has 19 heavy (non-hydrogen) atoms. The van der Waals surface area contributed by atoms with Crippen LogP contribution in [0.1, 0.15) is 37.3 Å². The highest BCUT2D eigenvalue weighted by Crippen LogP contribution is 2.36. The van der Waals surface area contributed by atoms with E-state index in [1.54, 1.807) is 14.0 Å². The summed E-state index contributed by atoms with van der Waals surface area (Å²) in [6.45, 7) is 2.08. The van der Waals surface area contributed by atoms with Gasteiger partial charge in [-0.2, -0.15) is 5.10 Å². The Morgan fingerprint density at radius 3 is 2.63 bits per heavy atom. The topological polar surface area (TPSA) is 61.9 Å². The van der Waals surface area contributed by atoms with Crippen molar-refractivity contribution in [3.63, 3.8) is 0 Å². The van der Waals surface area contributed by atoms with Crippen LogP contribution in [0.4, 0.5) is 8.78 Å². The van der Waals surface area contributed by atoms with Gasteiger partial charge >= 0.3 is 0 Å². The fraction of sp³-hybridized carbons (Fsp3) is 0.750. The van der Waals surface area contributed by atoms with E-state index in [9.17, 15) is 13.6 Å². The highest BCUT2D eigenvalue weighted by molar-refractivity contribution is 5.78. The van der Waals surface area contributed by atoms with Crippen LogP contribution in [0.25, 0.3) is 0 Å². The molecule has 7 heteroatoms. The van der Waals surface area contributed by atoms with Crippen molar-refractivity contribution in [2.75, 3.05) is 7.05 Å². The van der Waals surface area contributed by atoms with E-state index in [4.69, 9.17) is 0 Å². The van der Waals surface area contributed by atoms with Gasteiger partial charge in [0, 0.05) is 25.8 Å². The molecule has 1 saturated carbocycles. The number of aryl methyl sites for hydroxylation is 1. The summed E-state index contributed by atoms with van der Waals surface area (Å²) >= 11 is 0. The molecular weight excluding hydrogens is 254 g/mol. The lowest BCUT2D eigenvalue weighted by molar-refractivity contribution is -0.139. The van der Waals surface area contributed by atoms with Crippen molar-refractivity contribution in [2.45, 2.75) is 45.1 Å². The first-order valence-electron chi connectivity index (χ1n) is 6.38. The molecule has 1 N–H and O–H groups in total. The van der Waals surface area contributed by atoms with E-state index < -0.39 is 5.92 Å². The molecule has 0 saturated heterocycles. The molecule has 0 radical (unpaired) electrons. The Labute approximate surface area is 110 Å². The second-order valence-corrected chi connectivity index (χ2v) is 5.16. The largest absolute Gasteiger partial charge is 0.338 e. The van der Waals surface area contributed by atoms with Gasteiger partial charge in [-0.15, -0.1) is 0 Å². The first-order chi connectivity index (χ1) is 8.87. The molecule has 1 amide bonds. The first kappa shape index (κ1) is 13.9. The highest BCUT2D eigenvalue weighted by Gasteiger charge is 2.38. The predicted octanol–water partition coefficient (Wildman–Crippen LogP) is 1.90. The minimum Gasteiger partial charge on any atom is -0.338 e. The van der Waals surface area contributed by atoms with Gasteiger partial charge in [0.1, 0.15) is 5.82 Å². The Hall–Kier alpha value is -1.53. The standard InChI is InChI=1S/C12H18F2N4O/c1-8-15-10(17-16-8)7-18(2)11(19)9-3-5-12(13,14)6-4-9/h9H,3-7H2,1-2H3,(H,15,16,17). The van der Waals surface area contributed by atoms with Gasteiger partial charge in [-0.05, 0) is 19.8 Å². The Kier molecular flexibility index (Phi) is 3.82. The van der Waals surface area contributed by atoms with Crippen LogP contribution >= 0.6 is 0 Å². The molecule has 0 atom stereocenters. The number of aromatic nitrogens is 3. The summed E-state index contributed by atoms with van der Waals surface area (Å²) in [5.74, 6) is -1.78. The van der Waals surface area contributed by atoms with Gasteiger partial charge in [0.25, 0.3) is 0 Å². The predicted molar refractivity (Wildman–Crippen MR) is 64.5 cm³/mol. The van der Waals surface area contributed by atoms with Crippen LogP contribution < -0.4 is 0 Å². The molecule has 1 fully saturated rings. The molecule has 5 nitrogen and oxygen atoms in total. The Morgan fingerprint density at radius 2 is 2.11 bits per heavy atom. The van der Waals surface area contributed by atoms with Gasteiger partial charge < -0.3 is 4.90 Å². The molecule has 0 spiro atoms. The van der Waals surface area contributed by atoms with Gasteiger partial charge in [-0.25, -0.2) is 13.8 Å². The van der Waals surface area contributed by atoms with Crippen LogP contribution in [-0.2, 0) is 11.3 Å². The van der Waals surface area contributed by atoms with Gasteiger partial charge in [-0.3, -0.25) is 9.89 Å². The van der Waals surface area contributed by atoms with E-state index in [1.165, 1.54) is 4.90 Å². The lowest BCUT2D eigenvalue weighted by Gasteiger charge is -2.29. The smallest absolute Gasteiger partial charge is 0.248 e. The SMILES string of the molecule is Cc1nc(CN(C)C(=O)C2CCC(F)(F)CC2)n[nH]1. The molecule has 2 rings (SSSR count). The molecule has 0 unspecified atom stereocenters. The van der Waals surface area contributed by atoms with Crippen LogP contribution in [-0.4, -0.2) is 39.0 Å². The molecule has 1 aliphatic rings. The maximum absolute atomic E-state index is 13.0. The van der Waals surface area contributed by atoms with Crippen LogP contribution in [0.3, 0.4) is 0 Å². The van der Waals surface area contributed by atoms with Crippen LogP contribution in [0, 0.1) is 12.8 Å². The average Bonchev–Trinajstić information content (AvgIpc) is 2.74. The summed E-state index contributed by atoms with van der Waals surface area (Å²) in [6.07, 6.45) is 0.112. The molecule has 1 aromatic heterocycles. The number of alkyl halides is 2. The summed E-state index contributed by atoms with van der Waals surface area (Å²) in [7, 11) is 1.65. The summed E-state index contributed by atoms with van der Waals surface area (Å²) in [6, 6.07) is 0. The normalized spacial score (nSPS) is 19.4. The third-order valence-electron chi connectivity index (χ3n) is 3.46. The molecule has 0 aliphatic heterocycles. The number of carbonyl (C=O) groups is 1. The van der Waals surface area contributed by atoms with Gasteiger partial charge in [-0.1, -0.05) is 0 Å². The third kappa shape index (κ3) is 3.48. The first-order valence-corrected chi connectivity index (χ1v) is 6.38. The number of H-pyrrole nitrogens is 1. The number of nitrogens with one attached hydrogen (secondary N) is 1. The summed E-state index contributed by atoms with van der Waals surface area (Å²) in [5.41, 5.74) is 0. The Bertz CT molecular complexity index is 450. The maximum atomic E-state index is 13.0. The molecule has 1 aliphatic carbocycles. The van der Waals surface area contributed by atoms with Crippen molar-refractivity contribution in [1.29, 1.82) is 0 Å². The van der Waals surface area contributed by atoms with Crippen molar-refractivity contribution in [2.24, 2.45) is 5.92 Å². The van der Waals surface area contributed by atoms with E-state index in [-0.39, 0.29) is 37.5 Å². The van der Waals surface area contributed by atoms with E-state index >= 15 is 0 Å². The van der Waals surface area contributed by atoms with Gasteiger partial charge in [0.15, 0.2) is 5.82 Å². The Balaban J connectivity index is 1.89. The Morgan fingerprint density at radius 1 is 1.47 bits per heavy atom. The second-order valence-electron chi connectivity index (χ2n) is 5.16. The summed E-state index contributed by atoms with van der Waals surface area (Å²) in [4.78, 5) is 17.8. The molecule has 0 aromatic carbocycles. The number of nitrogens with zero attached hydrogens (tertiary/aromatic N) is 3. The van der Waals surface area contributed by atoms with Gasteiger partial charge in [0.2, 0.25) is 11.8 Å². The van der Waals surface area contributed by atoms with Gasteiger partial charge in [0.05, 0.1) is 6.54 Å². The quantitative estimate of drug-likeness (QED) is 0.914. The lowest BCUT2D eigenvalue weighted by Crippen LogP contribution is -2.37. The van der Waals surface area contributed by atoms with Crippen molar-refractivity contribution in [1.82, 2.24) is 20.1 Å². The number of hydrogen-bond donors (Lipinski definition) is 1. The maximum Gasteiger partial charge on any atom is 0.248 e. The van der Waals surface area contributed by atoms with E-state index in [0.717, 1.165) is 0 Å². The monoisotopic (exact) mass is 272 g/mol. The average molecular weight is 272 g/mol. The zero-order chi connectivity index (χ0) is 14.0. The zero-order valence-electron chi connectivity index (χ0n) is 11.1. The molecule has 0 bridgehead atoms. The molecular formula is C12H18F2N4O. The third-order valence-corrected chi connectivity index (χ3v) is 3.46. The number of hydrogen-bond acceptors (Lipinski definition) is 3. The van der Waals surface area contributed by atoms with E-state index in [1.807, 2.05) is 0 Å². The molecule has 1 heterocycles. The number of rotatable bonds is 3. The van der Waals surface area contributed by atoms with Crippen molar-refractivity contribution in [3.8, 4) is 0 Å². The number of aromatic amines is 1. The second kappa shape index (κ2) is 5.22. The minimum atomic E-state index is -2.60. The number of carbonyl (C=O) groups excluding carboxylic acids is 1. The molecule has 106 valence electrons. The lowest BCUT2D eigenvalue weighted by atomic mass is 9.86. The summed E-state index contributed by atoms with van der Waals surface area (Å²) < 4.78 is 26.1. The van der Waals surface area contributed by atoms with Crippen molar-refractivity contribution in [3.05, 3.63) is 11.6 Å². The number of amides is 1.